The summed E-state index contributed by atoms with van der Waals surface area (Å²) in [5.74, 6) is -1.54. The van der Waals surface area contributed by atoms with Crippen LogP contribution in [-0.4, -0.2) is 65.6 Å². The molecule has 0 spiro atoms. The van der Waals surface area contributed by atoms with Gasteiger partial charge in [0.2, 0.25) is 18.2 Å². The van der Waals surface area contributed by atoms with Crippen LogP contribution in [0.25, 0.3) is 0 Å². The molecule has 3 rings (SSSR count). The smallest absolute Gasteiger partial charge is 0.247 e. The summed E-state index contributed by atoms with van der Waals surface area (Å²) in [7, 11) is 0. The SMILES string of the molecule is CCCC[C@H](CN(O)C=O)C(=O)N1CCC[C@H]1C(=O)Nc1ccc(N2CCCC2)c(F)c1. The molecule has 0 aliphatic carbocycles. The summed E-state index contributed by atoms with van der Waals surface area (Å²) in [5.41, 5.74) is 0.903. The Morgan fingerprint density at radius 2 is 2.03 bits per heavy atom. The number of anilines is 2. The lowest BCUT2D eigenvalue weighted by Crippen LogP contribution is -2.47. The molecule has 3 amide bonds. The highest BCUT2D eigenvalue weighted by Crippen LogP contribution is 2.27. The molecule has 2 heterocycles. The van der Waals surface area contributed by atoms with Gasteiger partial charge in [0.1, 0.15) is 11.9 Å². The highest BCUT2D eigenvalue weighted by Gasteiger charge is 2.37. The summed E-state index contributed by atoms with van der Waals surface area (Å²) in [5, 5.41) is 12.8. The fraction of sp³-hybridized carbons (Fsp3) is 0.609. The van der Waals surface area contributed by atoms with E-state index in [0.29, 0.717) is 42.2 Å². The fourth-order valence-corrected chi connectivity index (χ4v) is 4.57. The normalized spacial score (nSPS) is 19.2. The molecule has 2 saturated heterocycles. The van der Waals surface area contributed by atoms with Crippen molar-refractivity contribution in [3.8, 4) is 0 Å². The van der Waals surface area contributed by atoms with Gasteiger partial charge in [0.05, 0.1) is 18.2 Å². The summed E-state index contributed by atoms with van der Waals surface area (Å²) in [4.78, 5) is 40.4. The van der Waals surface area contributed by atoms with E-state index in [-0.39, 0.29) is 30.6 Å². The number of carbonyl (C=O) groups excluding carboxylic acids is 3. The lowest BCUT2D eigenvalue weighted by molar-refractivity contribution is -0.157. The summed E-state index contributed by atoms with van der Waals surface area (Å²) in [6.07, 6.45) is 5.74. The molecule has 2 aliphatic heterocycles. The van der Waals surface area contributed by atoms with Gasteiger partial charge in [-0.05, 0) is 50.3 Å². The van der Waals surface area contributed by atoms with Crippen molar-refractivity contribution >= 4 is 29.6 Å². The van der Waals surface area contributed by atoms with Crippen LogP contribution >= 0.6 is 0 Å². The van der Waals surface area contributed by atoms with E-state index in [1.54, 1.807) is 12.1 Å². The van der Waals surface area contributed by atoms with Crippen molar-refractivity contribution in [3.63, 3.8) is 0 Å². The zero-order valence-electron chi connectivity index (χ0n) is 18.6. The molecule has 9 heteroatoms. The van der Waals surface area contributed by atoms with Crippen LogP contribution < -0.4 is 10.2 Å². The molecule has 0 radical (unpaired) electrons. The largest absolute Gasteiger partial charge is 0.369 e. The van der Waals surface area contributed by atoms with Crippen LogP contribution in [0, 0.1) is 11.7 Å². The number of amides is 3. The number of likely N-dealkylation sites (tertiary alicyclic amines) is 1. The fourth-order valence-electron chi connectivity index (χ4n) is 4.57. The topological polar surface area (TPSA) is 93.2 Å². The third-order valence-electron chi connectivity index (χ3n) is 6.28. The van der Waals surface area contributed by atoms with Gasteiger partial charge in [-0.15, -0.1) is 0 Å². The van der Waals surface area contributed by atoms with Crippen molar-refractivity contribution in [1.29, 1.82) is 0 Å². The van der Waals surface area contributed by atoms with Crippen LogP contribution in [0.15, 0.2) is 18.2 Å². The van der Waals surface area contributed by atoms with Crippen LogP contribution in [0.4, 0.5) is 15.8 Å². The van der Waals surface area contributed by atoms with Gasteiger partial charge < -0.3 is 15.1 Å². The first kappa shape index (κ1) is 24.0. The summed E-state index contributed by atoms with van der Waals surface area (Å²) in [6, 6.07) is 4.04. The maximum Gasteiger partial charge on any atom is 0.247 e. The maximum absolute atomic E-state index is 14.6. The van der Waals surface area contributed by atoms with Crippen molar-refractivity contribution in [2.75, 3.05) is 36.4 Å². The van der Waals surface area contributed by atoms with Crippen LogP contribution in [-0.2, 0) is 14.4 Å². The Kier molecular flexibility index (Phi) is 8.44. The van der Waals surface area contributed by atoms with Gasteiger partial charge in [-0.1, -0.05) is 19.8 Å². The average molecular weight is 449 g/mol. The Hall–Kier alpha value is -2.68. The summed E-state index contributed by atoms with van der Waals surface area (Å²) in [6.45, 7) is 4.00. The lowest BCUT2D eigenvalue weighted by Gasteiger charge is -2.29. The van der Waals surface area contributed by atoms with Crippen molar-refractivity contribution in [2.45, 2.75) is 57.9 Å². The zero-order chi connectivity index (χ0) is 23.1. The molecule has 2 atom stereocenters. The van der Waals surface area contributed by atoms with E-state index in [4.69, 9.17) is 0 Å². The Bertz CT molecular complexity index is 815. The number of unbranched alkanes of at least 4 members (excludes halogenated alkanes) is 1. The van der Waals surface area contributed by atoms with Crippen LogP contribution in [0.5, 0.6) is 0 Å². The van der Waals surface area contributed by atoms with Crippen LogP contribution in [0.2, 0.25) is 0 Å². The predicted molar refractivity (Wildman–Crippen MR) is 119 cm³/mol. The molecular weight excluding hydrogens is 415 g/mol. The van der Waals surface area contributed by atoms with E-state index in [0.717, 1.165) is 38.8 Å². The van der Waals surface area contributed by atoms with E-state index in [2.05, 4.69) is 5.32 Å². The number of nitrogens with zero attached hydrogens (tertiary/aromatic N) is 3. The molecule has 176 valence electrons. The number of rotatable bonds is 10. The van der Waals surface area contributed by atoms with Crippen LogP contribution in [0.3, 0.4) is 0 Å². The number of benzene rings is 1. The van der Waals surface area contributed by atoms with Crippen molar-refractivity contribution < 1.29 is 24.0 Å². The standard InChI is InChI=1S/C23H33FN4O4/c1-2-3-7-17(15-27(32)16-29)23(31)28-13-6-8-21(28)22(30)25-18-9-10-20(19(24)14-18)26-11-4-5-12-26/h9-10,14,16-17,21,32H,2-8,11-13,15H2,1H3,(H,25,30)/t17-,21+/m1/s1. The second-order valence-electron chi connectivity index (χ2n) is 8.61. The van der Waals surface area contributed by atoms with E-state index in [1.807, 2.05) is 11.8 Å². The Labute approximate surface area is 188 Å². The Morgan fingerprint density at radius 3 is 2.69 bits per heavy atom. The average Bonchev–Trinajstić information content (AvgIpc) is 3.48. The van der Waals surface area contributed by atoms with Gasteiger partial charge in [-0.25, -0.2) is 9.45 Å². The van der Waals surface area contributed by atoms with E-state index in [9.17, 15) is 24.0 Å². The summed E-state index contributed by atoms with van der Waals surface area (Å²) >= 11 is 0. The second-order valence-corrected chi connectivity index (χ2v) is 8.61. The third kappa shape index (κ3) is 5.76. The molecule has 2 fully saturated rings. The van der Waals surface area contributed by atoms with Gasteiger partial charge in [0, 0.05) is 25.3 Å². The van der Waals surface area contributed by atoms with Crippen LogP contribution in [0.1, 0.15) is 51.9 Å². The number of halogens is 1. The van der Waals surface area contributed by atoms with Crippen molar-refractivity contribution in [3.05, 3.63) is 24.0 Å². The number of hydrogen-bond donors (Lipinski definition) is 2. The third-order valence-corrected chi connectivity index (χ3v) is 6.28. The highest BCUT2D eigenvalue weighted by atomic mass is 19.1. The molecule has 0 unspecified atom stereocenters. The van der Waals surface area contributed by atoms with Crippen molar-refractivity contribution in [1.82, 2.24) is 9.96 Å². The van der Waals surface area contributed by atoms with E-state index in [1.165, 1.54) is 11.0 Å². The molecule has 8 nitrogen and oxygen atoms in total. The van der Waals surface area contributed by atoms with Gasteiger partial charge in [-0.2, -0.15) is 0 Å². The molecule has 0 bridgehead atoms. The molecule has 32 heavy (non-hydrogen) atoms. The molecule has 0 aromatic heterocycles. The summed E-state index contributed by atoms with van der Waals surface area (Å²) < 4.78 is 14.6. The first-order valence-electron chi connectivity index (χ1n) is 11.5. The maximum atomic E-state index is 14.6. The Morgan fingerprint density at radius 1 is 1.28 bits per heavy atom. The monoisotopic (exact) mass is 448 g/mol. The van der Waals surface area contributed by atoms with Gasteiger partial charge in [0.15, 0.2) is 0 Å². The minimum Gasteiger partial charge on any atom is -0.369 e. The zero-order valence-corrected chi connectivity index (χ0v) is 18.6. The molecule has 2 N–H and O–H groups in total. The number of carbonyl (C=O) groups is 3. The first-order valence-corrected chi connectivity index (χ1v) is 11.5. The minimum absolute atomic E-state index is 0.101. The quantitative estimate of drug-likeness (QED) is 0.326. The second kappa shape index (κ2) is 11.3. The van der Waals surface area contributed by atoms with Gasteiger partial charge in [-0.3, -0.25) is 19.6 Å². The molecule has 0 saturated carbocycles. The molecule has 1 aromatic rings. The number of hydrogen-bond acceptors (Lipinski definition) is 5. The predicted octanol–water partition coefficient (Wildman–Crippen LogP) is 3.01. The first-order chi connectivity index (χ1) is 15.4. The number of nitrogens with one attached hydrogen (secondary N) is 1. The molecule has 2 aliphatic rings. The van der Waals surface area contributed by atoms with E-state index >= 15 is 0 Å². The molecule has 1 aromatic carbocycles. The minimum atomic E-state index is -0.656. The molecular formula is C23H33FN4O4. The highest BCUT2D eigenvalue weighted by molar-refractivity contribution is 5.98. The van der Waals surface area contributed by atoms with Crippen molar-refractivity contribution in [2.24, 2.45) is 5.92 Å². The van der Waals surface area contributed by atoms with Gasteiger partial charge in [0.25, 0.3) is 0 Å². The van der Waals surface area contributed by atoms with Gasteiger partial charge >= 0.3 is 0 Å². The Balaban J connectivity index is 1.66. The van der Waals surface area contributed by atoms with E-state index < -0.39 is 12.0 Å². The number of hydroxylamine groups is 2. The lowest BCUT2D eigenvalue weighted by atomic mass is 9.99.